The molecular formula is C16H23N7O. The Labute approximate surface area is 141 Å². The van der Waals surface area contributed by atoms with Gasteiger partial charge in [0.15, 0.2) is 5.96 Å². The maximum absolute atomic E-state index is 11.8. The number of pyridine rings is 1. The molecule has 0 radical (unpaired) electrons. The number of carbonyl (C=O) groups excluding carboxylic acids is 1. The Bertz CT molecular complexity index is 625. The van der Waals surface area contributed by atoms with Crippen molar-refractivity contribution in [3.05, 3.63) is 48.5 Å². The van der Waals surface area contributed by atoms with Crippen LogP contribution in [0.1, 0.15) is 16.8 Å². The van der Waals surface area contributed by atoms with E-state index < -0.39 is 0 Å². The van der Waals surface area contributed by atoms with E-state index in [2.05, 4.69) is 31.0 Å². The quantitative estimate of drug-likeness (QED) is 0.367. The lowest BCUT2D eigenvalue weighted by molar-refractivity contribution is 0.0954. The van der Waals surface area contributed by atoms with Crippen LogP contribution in [0, 0.1) is 0 Å². The summed E-state index contributed by atoms with van der Waals surface area (Å²) >= 11 is 0. The van der Waals surface area contributed by atoms with Crippen molar-refractivity contribution >= 4 is 11.9 Å². The van der Waals surface area contributed by atoms with Crippen LogP contribution in [0.3, 0.4) is 0 Å². The maximum atomic E-state index is 11.8. The number of carbonyl (C=O) groups is 1. The van der Waals surface area contributed by atoms with Crippen LogP contribution in [0.4, 0.5) is 0 Å². The minimum atomic E-state index is -0.132. The van der Waals surface area contributed by atoms with Crippen LogP contribution in [-0.2, 0) is 6.54 Å². The highest BCUT2D eigenvalue weighted by Gasteiger charge is 2.04. The topological polar surface area (TPSA) is 96.2 Å². The molecule has 3 N–H and O–H groups in total. The van der Waals surface area contributed by atoms with E-state index in [9.17, 15) is 4.79 Å². The predicted octanol–water partition coefficient (Wildman–Crippen LogP) is 0.263. The molecule has 0 unspecified atom stereocenters. The number of guanidine groups is 1. The van der Waals surface area contributed by atoms with Crippen molar-refractivity contribution < 1.29 is 4.79 Å². The number of aromatic nitrogens is 3. The van der Waals surface area contributed by atoms with Crippen molar-refractivity contribution in [3.8, 4) is 0 Å². The zero-order valence-corrected chi connectivity index (χ0v) is 13.8. The molecule has 0 saturated carbocycles. The molecule has 0 aliphatic heterocycles. The molecule has 0 bridgehead atoms. The highest BCUT2D eigenvalue weighted by Crippen LogP contribution is 1.94. The van der Waals surface area contributed by atoms with Gasteiger partial charge in [0, 0.05) is 58.0 Å². The molecular weight excluding hydrogens is 306 g/mol. The molecule has 0 aromatic carbocycles. The van der Waals surface area contributed by atoms with E-state index in [1.165, 1.54) is 0 Å². The van der Waals surface area contributed by atoms with E-state index in [0.717, 1.165) is 19.5 Å². The molecule has 2 heterocycles. The van der Waals surface area contributed by atoms with Crippen LogP contribution < -0.4 is 16.0 Å². The lowest BCUT2D eigenvalue weighted by Crippen LogP contribution is -2.42. The van der Waals surface area contributed by atoms with Gasteiger partial charge in [0.2, 0.25) is 0 Å². The Kier molecular flexibility index (Phi) is 7.26. The third kappa shape index (κ3) is 6.07. The second kappa shape index (κ2) is 9.98. The van der Waals surface area contributed by atoms with Gasteiger partial charge in [-0.25, -0.2) is 0 Å². The summed E-state index contributed by atoms with van der Waals surface area (Å²) in [4.78, 5) is 19.9. The number of nitrogens with zero attached hydrogens (tertiary/aromatic N) is 4. The number of aryl methyl sites for hydroxylation is 1. The fourth-order valence-electron chi connectivity index (χ4n) is 2.06. The molecule has 24 heavy (non-hydrogen) atoms. The van der Waals surface area contributed by atoms with E-state index in [-0.39, 0.29) is 5.91 Å². The van der Waals surface area contributed by atoms with Gasteiger partial charge in [-0.2, -0.15) is 5.10 Å². The average Bonchev–Trinajstić information content (AvgIpc) is 3.14. The number of nitrogens with one attached hydrogen (secondary N) is 3. The van der Waals surface area contributed by atoms with Gasteiger partial charge < -0.3 is 16.0 Å². The molecule has 0 fully saturated rings. The summed E-state index contributed by atoms with van der Waals surface area (Å²) in [5.41, 5.74) is 0.554. The molecule has 0 aliphatic carbocycles. The van der Waals surface area contributed by atoms with Gasteiger partial charge in [-0.1, -0.05) is 0 Å². The van der Waals surface area contributed by atoms with Crippen molar-refractivity contribution in [3.63, 3.8) is 0 Å². The average molecular weight is 329 g/mol. The second-order valence-corrected chi connectivity index (χ2v) is 5.05. The van der Waals surface area contributed by atoms with Crippen LogP contribution in [0.2, 0.25) is 0 Å². The third-order valence-electron chi connectivity index (χ3n) is 3.27. The molecule has 2 aromatic heterocycles. The van der Waals surface area contributed by atoms with Crippen LogP contribution in [0.25, 0.3) is 0 Å². The van der Waals surface area contributed by atoms with E-state index in [1.807, 2.05) is 16.9 Å². The lowest BCUT2D eigenvalue weighted by atomic mass is 10.3. The third-order valence-corrected chi connectivity index (χ3v) is 3.27. The molecule has 0 atom stereocenters. The Morgan fingerprint density at radius 2 is 2.00 bits per heavy atom. The van der Waals surface area contributed by atoms with Gasteiger partial charge >= 0.3 is 0 Å². The van der Waals surface area contributed by atoms with E-state index in [1.54, 1.807) is 37.8 Å². The van der Waals surface area contributed by atoms with Gasteiger partial charge in [-0.15, -0.1) is 0 Å². The normalized spacial score (nSPS) is 11.1. The first-order chi connectivity index (χ1) is 11.8. The first kappa shape index (κ1) is 17.5. The minimum Gasteiger partial charge on any atom is -0.356 e. The molecule has 8 nitrogen and oxygen atoms in total. The van der Waals surface area contributed by atoms with Gasteiger partial charge in [0.25, 0.3) is 5.91 Å². The Morgan fingerprint density at radius 1 is 1.17 bits per heavy atom. The summed E-state index contributed by atoms with van der Waals surface area (Å²) < 4.78 is 1.89. The number of amides is 1. The largest absolute Gasteiger partial charge is 0.356 e. The van der Waals surface area contributed by atoms with E-state index >= 15 is 0 Å². The molecule has 2 rings (SSSR count). The van der Waals surface area contributed by atoms with Crippen molar-refractivity contribution in [1.82, 2.24) is 30.7 Å². The zero-order chi connectivity index (χ0) is 17.0. The van der Waals surface area contributed by atoms with Crippen LogP contribution in [-0.4, -0.2) is 53.3 Å². The summed E-state index contributed by atoms with van der Waals surface area (Å²) in [5, 5.41) is 13.4. The standard InChI is InChI=1S/C16H23N7O/c1-17-16(20-7-3-11-23-12-4-8-22-23)21-10-9-19-15(24)14-5-2-6-18-13-14/h2,4-6,8,12-13H,3,7,9-11H2,1H3,(H,19,24)(H2,17,20,21). The fraction of sp³-hybridized carbons (Fsp3) is 0.375. The summed E-state index contributed by atoms with van der Waals surface area (Å²) in [6.45, 7) is 2.74. The van der Waals surface area contributed by atoms with Crippen LogP contribution in [0.5, 0.6) is 0 Å². The molecule has 0 spiro atoms. The fourth-order valence-corrected chi connectivity index (χ4v) is 2.06. The highest BCUT2D eigenvalue weighted by atomic mass is 16.1. The SMILES string of the molecule is CN=C(NCCCn1cccn1)NCCNC(=O)c1cccnc1. The van der Waals surface area contributed by atoms with Gasteiger partial charge in [0.1, 0.15) is 0 Å². The Morgan fingerprint density at radius 3 is 2.71 bits per heavy atom. The smallest absolute Gasteiger partial charge is 0.252 e. The van der Waals surface area contributed by atoms with E-state index in [4.69, 9.17) is 0 Å². The first-order valence-corrected chi connectivity index (χ1v) is 7.90. The van der Waals surface area contributed by atoms with Crippen molar-refractivity contribution in [2.75, 3.05) is 26.7 Å². The summed E-state index contributed by atoms with van der Waals surface area (Å²) in [5.74, 6) is 0.582. The van der Waals surface area contributed by atoms with Crippen LogP contribution in [0.15, 0.2) is 48.0 Å². The number of hydrogen-bond donors (Lipinski definition) is 3. The van der Waals surface area contributed by atoms with Gasteiger partial charge in [-0.3, -0.25) is 19.5 Å². The highest BCUT2D eigenvalue weighted by molar-refractivity contribution is 5.93. The predicted molar refractivity (Wildman–Crippen MR) is 92.8 cm³/mol. The molecule has 0 saturated heterocycles. The summed E-state index contributed by atoms with van der Waals surface area (Å²) in [7, 11) is 1.72. The zero-order valence-electron chi connectivity index (χ0n) is 13.8. The van der Waals surface area contributed by atoms with Gasteiger partial charge in [-0.05, 0) is 24.6 Å². The molecule has 0 aliphatic rings. The van der Waals surface area contributed by atoms with Gasteiger partial charge in [0.05, 0.1) is 5.56 Å². The van der Waals surface area contributed by atoms with Crippen molar-refractivity contribution in [2.24, 2.45) is 4.99 Å². The summed E-state index contributed by atoms with van der Waals surface area (Å²) in [6.07, 6.45) is 7.84. The maximum Gasteiger partial charge on any atom is 0.252 e. The molecule has 1 amide bonds. The van der Waals surface area contributed by atoms with Crippen LogP contribution >= 0.6 is 0 Å². The number of aliphatic imine (C=N–C) groups is 1. The lowest BCUT2D eigenvalue weighted by Gasteiger charge is -2.12. The van der Waals surface area contributed by atoms with Crippen molar-refractivity contribution in [2.45, 2.75) is 13.0 Å². The number of hydrogen-bond acceptors (Lipinski definition) is 4. The molecule has 128 valence electrons. The Balaban J connectivity index is 1.57. The minimum absolute atomic E-state index is 0.132. The van der Waals surface area contributed by atoms with E-state index in [0.29, 0.717) is 24.6 Å². The molecule has 8 heteroatoms. The van der Waals surface area contributed by atoms with Crippen molar-refractivity contribution in [1.29, 1.82) is 0 Å². The molecule has 2 aromatic rings. The first-order valence-electron chi connectivity index (χ1n) is 7.90. The Hall–Kier alpha value is -2.90. The second-order valence-electron chi connectivity index (χ2n) is 5.05. The monoisotopic (exact) mass is 329 g/mol. The number of rotatable bonds is 8. The summed E-state index contributed by atoms with van der Waals surface area (Å²) in [6, 6.07) is 5.38.